The molecular formula is C22H19FN6O2S. The van der Waals surface area contributed by atoms with Crippen molar-refractivity contribution < 1.29 is 13.6 Å². The van der Waals surface area contributed by atoms with E-state index in [0.717, 1.165) is 13.0 Å². The number of oxazole rings is 1. The molecule has 0 radical (unpaired) electrons. The van der Waals surface area contributed by atoms with Crippen molar-refractivity contribution in [3.63, 3.8) is 0 Å². The van der Waals surface area contributed by atoms with Crippen LogP contribution in [-0.2, 0) is 17.1 Å². The highest BCUT2D eigenvalue weighted by Gasteiger charge is 2.24. The van der Waals surface area contributed by atoms with Crippen LogP contribution in [0.5, 0.6) is 0 Å². The van der Waals surface area contributed by atoms with E-state index in [1.807, 2.05) is 22.8 Å². The molecule has 1 fully saturated rings. The summed E-state index contributed by atoms with van der Waals surface area (Å²) in [5.74, 6) is 1.96. The number of hydrogen-bond donors (Lipinski definition) is 0. The minimum absolute atomic E-state index is 0.127. The molecule has 10 heteroatoms. The monoisotopic (exact) mass is 450 g/mol. The van der Waals surface area contributed by atoms with Gasteiger partial charge in [0.15, 0.2) is 11.0 Å². The zero-order valence-electron chi connectivity index (χ0n) is 17.0. The number of likely N-dealkylation sites (tertiary alicyclic amines) is 1. The fourth-order valence-corrected chi connectivity index (χ4v) is 4.36. The molecule has 1 amide bonds. The summed E-state index contributed by atoms with van der Waals surface area (Å²) in [5.41, 5.74) is 1.27. The van der Waals surface area contributed by atoms with E-state index in [1.54, 1.807) is 29.5 Å². The highest BCUT2D eigenvalue weighted by atomic mass is 32.2. The smallest absolute Gasteiger partial charge is 0.226 e. The first-order valence-electron chi connectivity index (χ1n) is 10.1. The maximum atomic E-state index is 13.5. The molecule has 4 heterocycles. The van der Waals surface area contributed by atoms with Crippen molar-refractivity contribution in [2.45, 2.75) is 30.3 Å². The Bertz CT molecular complexity index is 1240. The van der Waals surface area contributed by atoms with Crippen LogP contribution in [0.15, 0.2) is 64.5 Å². The molecule has 3 aromatic heterocycles. The number of carbonyl (C=O) groups excluding carboxylic acids is 1. The summed E-state index contributed by atoms with van der Waals surface area (Å²) in [7, 11) is 0. The van der Waals surface area contributed by atoms with E-state index in [4.69, 9.17) is 4.42 Å². The van der Waals surface area contributed by atoms with Crippen molar-refractivity contribution in [1.82, 2.24) is 29.6 Å². The van der Waals surface area contributed by atoms with Crippen molar-refractivity contribution in [3.05, 3.63) is 72.3 Å². The summed E-state index contributed by atoms with van der Waals surface area (Å²) in [5, 5.41) is 9.32. The van der Waals surface area contributed by atoms with Gasteiger partial charge in [-0.25, -0.2) is 14.4 Å². The van der Waals surface area contributed by atoms with Gasteiger partial charge in [-0.15, -0.1) is 10.2 Å². The maximum Gasteiger partial charge on any atom is 0.226 e. The summed E-state index contributed by atoms with van der Waals surface area (Å²) in [4.78, 5) is 22.8. The summed E-state index contributed by atoms with van der Waals surface area (Å²) in [6.45, 7) is 1.11. The molecule has 0 aliphatic carbocycles. The van der Waals surface area contributed by atoms with Crippen LogP contribution < -0.4 is 0 Å². The number of rotatable bonds is 7. The lowest BCUT2D eigenvalue weighted by atomic mass is 10.2. The Morgan fingerprint density at radius 2 is 2.09 bits per heavy atom. The van der Waals surface area contributed by atoms with Crippen LogP contribution in [0.3, 0.4) is 0 Å². The Kier molecular flexibility index (Phi) is 5.68. The van der Waals surface area contributed by atoms with E-state index >= 15 is 0 Å². The lowest BCUT2D eigenvalue weighted by Crippen LogP contribution is -2.25. The van der Waals surface area contributed by atoms with Crippen LogP contribution >= 0.6 is 11.8 Å². The number of carbonyl (C=O) groups is 1. The van der Waals surface area contributed by atoms with Gasteiger partial charge < -0.3 is 9.32 Å². The third-order valence-electron chi connectivity index (χ3n) is 5.05. The Labute approximate surface area is 187 Å². The minimum Gasteiger partial charge on any atom is -0.444 e. The quantitative estimate of drug-likeness (QED) is 0.395. The van der Waals surface area contributed by atoms with Crippen LogP contribution in [0.25, 0.3) is 17.3 Å². The van der Waals surface area contributed by atoms with Crippen LogP contribution in [0.1, 0.15) is 24.4 Å². The van der Waals surface area contributed by atoms with Gasteiger partial charge in [-0.3, -0.25) is 9.36 Å². The van der Waals surface area contributed by atoms with Gasteiger partial charge >= 0.3 is 0 Å². The van der Waals surface area contributed by atoms with E-state index in [1.165, 1.54) is 23.9 Å². The normalized spacial score (nSPS) is 13.8. The largest absolute Gasteiger partial charge is 0.444 e. The molecule has 0 atom stereocenters. The molecule has 5 rings (SSSR count). The molecule has 1 saturated heterocycles. The summed E-state index contributed by atoms with van der Waals surface area (Å²) >= 11 is 1.44. The van der Waals surface area contributed by atoms with Gasteiger partial charge in [0.1, 0.15) is 17.9 Å². The molecular weight excluding hydrogens is 431 g/mol. The predicted molar refractivity (Wildman–Crippen MR) is 115 cm³/mol. The van der Waals surface area contributed by atoms with Gasteiger partial charge in [-0.1, -0.05) is 23.9 Å². The van der Waals surface area contributed by atoms with Crippen molar-refractivity contribution in [1.29, 1.82) is 0 Å². The number of pyridine rings is 1. The molecule has 0 N–H and O–H groups in total. The van der Waals surface area contributed by atoms with Gasteiger partial charge in [0.05, 0.1) is 12.2 Å². The molecule has 32 heavy (non-hydrogen) atoms. The number of benzene rings is 1. The number of nitrogens with zero attached hydrogens (tertiary/aromatic N) is 6. The number of halogens is 1. The molecule has 8 nitrogen and oxygen atoms in total. The molecule has 1 aromatic carbocycles. The molecule has 0 spiro atoms. The van der Waals surface area contributed by atoms with Crippen molar-refractivity contribution >= 4 is 17.7 Å². The summed E-state index contributed by atoms with van der Waals surface area (Å²) < 4.78 is 20.9. The first-order valence-corrected chi connectivity index (χ1v) is 11.1. The van der Waals surface area contributed by atoms with Gasteiger partial charge in [0.25, 0.3) is 0 Å². The van der Waals surface area contributed by atoms with E-state index in [9.17, 15) is 9.18 Å². The van der Waals surface area contributed by atoms with E-state index in [2.05, 4.69) is 20.2 Å². The molecule has 162 valence electrons. The van der Waals surface area contributed by atoms with E-state index < -0.39 is 0 Å². The fraction of sp³-hybridized carbons (Fsp3) is 0.227. The van der Waals surface area contributed by atoms with Crippen molar-refractivity contribution in [2.24, 2.45) is 0 Å². The molecule has 0 bridgehead atoms. The first-order chi connectivity index (χ1) is 15.7. The Hall–Kier alpha value is -3.53. The van der Waals surface area contributed by atoms with Crippen molar-refractivity contribution in [3.8, 4) is 17.3 Å². The Morgan fingerprint density at radius 1 is 1.16 bits per heavy atom. The van der Waals surface area contributed by atoms with E-state index in [0.29, 0.717) is 52.7 Å². The van der Waals surface area contributed by atoms with Crippen LogP contribution in [0.2, 0.25) is 0 Å². The highest BCUT2D eigenvalue weighted by molar-refractivity contribution is 7.98. The average Bonchev–Trinajstić information content (AvgIpc) is 3.54. The molecule has 4 aromatic rings. The lowest BCUT2D eigenvalue weighted by Gasteiger charge is -2.16. The van der Waals surface area contributed by atoms with Crippen LogP contribution in [0.4, 0.5) is 4.39 Å². The molecule has 1 aliphatic rings. The van der Waals surface area contributed by atoms with Gasteiger partial charge in [-0.2, -0.15) is 0 Å². The summed E-state index contributed by atoms with van der Waals surface area (Å²) in [6, 6.07) is 11.7. The Morgan fingerprint density at radius 3 is 2.88 bits per heavy atom. The zero-order valence-corrected chi connectivity index (χ0v) is 17.8. The second kappa shape index (κ2) is 8.91. The van der Waals surface area contributed by atoms with Gasteiger partial charge in [0.2, 0.25) is 11.8 Å². The molecule has 1 aliphatic heterocycles. The standard InChI is InChI=1S/C22H19FN6O2S/c23-16-6-3-5-15(11-16)21-25-17(13-31-21)14-32-22-27-26-19(12-28-10-4-8-20(28)30)29(22)18-7-1-2-9-24-18/h1-3,5-7,9,11,13H,4,8,10,12,14H2. The molecule has 0 saturated carbocycles. The van der Waals surface area contributed by atoms with Crippen LogP contribution in [0, 0.1) is 5.82 Å². The number of aromatic nitrogens is 5. The lowest BCUT2D eigenvalue weighted by molar-refractivity contribution is -0.128. The Balaban J connectivity index is 1.37. The van der Waals surface area contributed by atoms with Crippen LogP contribution in [-0.4, -0.2) is 42.1 Å². The SMILES string of the molecule is O=C1CCCN1Cc1nnc(SCc2coc(-c3cccc(F)c3)n2)n1-c1ccccn1. The third-order valence-corrected chi connectivity index (χ3v) is 6.02. The number of hydrogen-bond acceptors (Lipinski definition) is 7. The summed E-state index contributed by atoms with van der Waals surface area (Å²) in [6.07, 6.45) is 4.69. The second-order valence-electron chi connectivity index (χ2n) is 7.28. The zero-order chi connectivity index (χ0) is 21.9. The first kappa shape index (κ1) is 20.4. The second-order valence-corrected chi connectivity index (χ2v) is 8.23. The predicted octanol–water partition coefficient (Wildman–Crippen LogP) is 3.87. The third kappa shape index (κ3) is 4.26. The average molecular weight is 450 g/mol. The van der Waals surface area contributed by atoms with Gasteiger partial charge in [-0.05, 0) is 36.8 Å². The van der Waals surface area contributed by atoms with E-state index in [-0.39, 0.29) is 11.7 Å². The molecule has 0 unspecified atom stereocenters. The topological polar surface area (TPSA) is 89.9 Å². The fourth-order valence-electron chi connectivity index (χ4n) is 3.52. The maximum absolute atomic E-state index is 13.5. The van der Waals surface area contributed by atoms with Gasteiger partial charge in [0, 0.05) is 30.5 Å². The number of thioether (sulfide) groups is 1. The number of amides is 1. The minimum atomic E-state index is -0.343. The van der Waals surface area contributed by atoms with Crippen molar-refractivity contribution in [2.75, 3.05) is 6.54 Å². The highest BCUT2D eigenvalue weighted by Crippen LogP contribution is 2.27.